The number of sulfonamides is 1. The van der Waals surface area contributed by atoms with E-state index < -0.39 is 10.0 Å². The van der Waals surface area contributed by atoms with Gasteiger partial charge in [-0.25, -0.2) is 13.4 Å². The third-order valence-electron chi connectivity index (χ3n) is 3.11. The minimum atomic E-state index is -3.41. The van der Waals surface area contributed by atoms with E-state index in [4.69, 9.17) is 14.2 Å². The van der Waals surface area contributed by atoms with E-state index in [2.05, 4.69) is 15.0 Å². The standard InChI is InChI=1S/C15H19N3O6S2/c1-22-11-5-9(6-12(23-2)14(11)24-3)16-13(19)7-10-8-25-15(17-10)18-26(4,20)21/h5-6,8H,7H2,1-4H3,(H,16,19)(H,17,18). The van der Waals surface area contributed by atoms with Gasteiger partial charge in [-0.3, -0.25) is 9.52 Å². The first kappa shape index (κ1) is 19.8. The predicted molar refractivity (Wildman–Crippen MR) is 99.0 cm³/mol. The SMILES string of the molecule is COc1cc(NC(=O)Cc2csc(NS(C)(=O)=O)n2)cc(OC)c1OC. The number of nitrogens with one attached hydrogen (secondary N) is 2. The van der Waals surface area contributed by atoms with Crippen molar-refractivity contribution in [2.24, 2.45) is 0 Å². The number of ether oxygens (including phenoxy) is 3. The van der Waals surface area contributed by atoms with Gasteiger partial charge in [0.1, 0.15) is 0 Å². The molecule has 0 aliphatic heterocycles. The molecular weight excluding hydrogens is 382 g/mol. The average Bonchev–Trinajstić information content (AvgIpc) is 2.98. The Balaban J connectivity index is 2.10. The summed E-state index contributed by atoms with van der Waals surface area (Å²) in [7, 11) is 1.05. The second kappa shape index (κ2) is 8.23. The summed E-state index contributed by atoms with van der Waals surface area (Å²) in [4.78, 5) is 16.3. The fraction of sp³-hybridized carbons (Fsp3) is 0.333. The maximum Gasteiger partial charge on any atom is 0.231 e. The highest BCUT2D eigenvalue weighted by Crippen LogP contribution is 2.39. The lowest BCUT2D eigenvalue weighted by Gasteiger charge is -2.14. The second-order valence-electron chi connectivity index (χ2n) is 5.16. The summed E-state index contributed by atoms with van der Waals surface area (Å²) in [6.45, 7) is 0. The quantitative estimate of drug-likeness (QED) is 0.692. The normalized spacial score (nSPS) is 10.9. The molecule has 9 nitrogen and oxygen atoms in total. The molecule has 1 aromatic carbocycles. The molecule has 11 heteroatoms. The molecule has 2 rings (SSSR count). The third kappa shape index (κ3) is 5.23. The number of carbonyl (C=O) groups is 1. The Hall–Kier alpha value is -2.53. The van der Waals surface area contributed by atoms with Crippen LogP contribution in [0.15, 0.2) is 17.5 Å². The van der Waals surface area contributed by atoms with Crippen molar-refractivity contribution in [3.05, 3.63) is 23.2 Å². The van der Waals surface area contributed by atoms with E-state index in [-0.39, 0.29) is 17.5 Å². The highest BCUT2D eigenvalue weighted by atomic mass is 32.2. The topological polar surface area (TPSA) is 116 Å². The van der Waals surface area contributed by atoms with Crippen molar-refractivity contribution < 1.29 is 27.4 Å². The van der Waals surface area contributed by atoms with Gasteiger partial charge in [0.25, 0.3) is 0 Å². The largest absolute Gasteiger partial charge is 0.493 e. The molecule has 0 atom stereocenters. The molecule has 2 N–H and O–H groups in total. The van der Waals surface area contributed by atoms with Crippen LogP contribution in [0.25, 0.3) is 0 Å². The number of methoxy groups -OCH3 is 3. The first-order chi connectivity index (χ1) is 12.3. The lowest BCUT2D eigenvalue weighted by molar-refractivity contribution is -0.115. The molecule has 1 heterocycles. The Bertz CT molecular complexity index is 870. The number of rotatable bonds is 8. The van der Waals surface area contributed by atoms with E-state index in [1.54, 1.807) is 17.5 Å². The minimum absolute atomic E-state index is 0.0153. The van der Waals surface area contributed by atoms with Gasteiger partial charge < -0.3 is 19.5 Å². The van der Waals surface area contributed by atoms with Crippen molar-refractivity contribution in [2.75, 3.05) is 37.6 Å². The van der Waals surface area contributed by atoms with E-state index in [9.17, 15) is 13.2 Å². The summed E-state index contributed by atoms with van der Waals surface area (Å²) in [5, 5.41) is 4.54. The van der Waals surface area contributed by atoms with Crippen molar-refractivity contribution in [2.45, 2.75) is 6.42 Å². The molecule has 0 fully saturated rings. The van der Waals surface area contributed by atoms with Gasteiger partial charge in [-0.15, -0.1) is 11.3 Å². The van der Waals surface area contributed by atoms with Crippen LogP contribution in [0.5, 0.6) is 17.2 Å². The van der Waals surface area contributed by atoms with E-state index >= 15 is 0 Å². The molecule has 1 amide bonds. The van der Waals surface area contributed by atoms with E-state index in [0.29, 0.717) is 28.6 Å². The summed E-state index contributed by atoms with van der Waals surface area (Å²) >= 11 is 1.10. The molecule has 2 aromatic rings. The summed E-state index contributed by atoms with van der Waals surface area (Å²) in [6, 6.07) is 3.22. The van der Waals surface area contributed by atoms with Crippen LogP contribution in [0.4, 0.5) is 10.8 Å². The number of aromatic nitrogens is 1. The van der Waals surface area contributed by atoms with Gasteiger partial charge >= 0.3 is 0 Å². The highest BCUT2D eigenvalue weighted by molar-refractivity contribution is 7.92. The number of hydrogen-bond acceptors (Lipinski definition) is 8. The van der Waals surface area contributed by atoms with Gasteiger partial charge in [-0.05, 0) is 0 Å². The van der Waals surface area contributed by atoms with Gasteiger partial charge in [0, 0.05) is 23.2 Å². The highest BCUT2D eigenvalue weighted by Gasteiger charge is 2.15. The van der Waals surface area contributed by atoms with Gasteiger partial charge in [0.2, 0.25) is 21.7 Å². The Morgan fingerprint density at radius 2 is 1.77 bits per heavy atom. The van der Waals surface area contributed by atoms with Crippen LogP contribution in [0.3, 0.4) is 0 Å². The van der Waals surface area contributed by atoms with Crippen LogP contribution in [0.1, 0.15) is 5.69 Å². The van der Waals surface area contributed by atoms with Gasteiger partial charge in [-0.2, -0.15) is 0 Å². The first-order valence-electron chi connectivity index (χ1n) is 7.27. The van der Waals surface area contributed by atoms with Crippen LogP contribution in [-0.2, 0) is 21.2 Å². The zero-order valence-corrected chi connectivity index (χ0v) is 16.3. The molecule has 26 heavy (non-hydrogen) atoms. The second-order valence-corrected chi connectivity index (χ2v) is 7.76. The Kier molecular flexibility index (Phi) is 6.27. The van der Waals surface area contributed by atoms with E-state index in [1.165, 1.54) is 21.3 Å². The number of hydrogen-bond donors (Lipinski definition) is 2. The number of benzene rings is 1. The fourth-order valence-electron chi connectivity index (χ4n) is 2.12. The van der Waals surface area contributed by atoms with Crippen LogP contribution in [0, 0.1) is 0 Å². The monoisotopic (exact) mass is 401 g/mol. The molecule has 0 unspecified atom stereocenters. The number of nitrogens with zero attached hydrogens (tertiary/aromatic N) is 1. The molecule has 0 saturated heterocycles. The molecule has 0 radical (unpaired) electrons. The summed E-state index contributed by atoms with van der Waals surface area (Å²) in [5.41, 5.74) is 0.917. The molecular formula is C15H19N3O6S2. The maximum absolute atomic E-state index is 12.2. The van der Waals surface area contributed by atoms with Crippen LogP contribution >= 0.6 is 11.3 Å². The zero-order chi connectivity index (χ0) is 19.3. The summed E-state index contributed by atoms with van der Waals surface area (Å²) in [5.74, 6) is 0.922. The molecule has 0 aliphatic carbocycles. The number of anilines is 2. The molecule has 1 aromatic heterocycles. The maximum atomic E-state index is 12.2. The summed E-state index contributed by atoms with van der Waals surface area (Å²) in [6.07, 6.45) is 1.02. The van der Waals surface area contributed by atoms with Crippen molar-refractivity contribution in [1.29, 1.82) is 0 Å². The van der Waals surface area contributed by atoms with E-state index in [1.807, 2.05) is 0 Å². The molecule has 0 saturated carbocycles. The van der Waals surface area contributed by atoms with Crippen molar-refractivity contribution in [1.82, 2.24) is 4.98 Å². The lowest BCUT2D eigenvalue weighted by Crippen LogP contribution is -2.15. The fourth-order valence-corrected chi connectivity index (χ4v) is 3.68. The molecule has 0 bridgehead atoms. The van der Waals surface area contributed by atoms with Crippen molar-refractivity contribution in [3.63, 3.8) is 0 Å². The van der Waals surface area contributed by atoms with Crippen LogP contribution in [0.2, 0.25) is 0 Å². The minimum Gasteiger partial charge on any atom is -0.493 e. The molecule has 142 valence electrons. The smallest absolute Gasteiger partial charge is 0.231 e. The Morgan fingerprint density at radius 3 is 2.27 bits per heavy atom. The van der Waals surface area contributed by atoms with Crippen molar-refractivity contribution >= 4 is 38.1 Å². The van der Waals surface area contributed by atoms with Gasteiger partial charge in [-0.1, -0.05) is 0 Å². The van der Waals surface area contributed by atoms with Crippen LogP contribution in [-0.4, -0.2) is 46.9 Å². The number of thiazole rings is 1. The van der Waals surface area contributed by atoms with E-state index in [0.717, 1.165) is 17.6 Å². The first-order valence-corrected chi connectivity index (χ1v) is 10.0. The molecule has 0 aliphatic rings. The Labute approximate surface area is 155 Å². The predicted octanol–water partition coefficient (Wildman–Crippen LogP) is 1.72. The number of amides is 1. The summed E-state index contributed by atoms with van der Waals surface area (Å²) < 4.78 is 40.3. The Morgan fingerprint density at radius 1 is 1.15 bits per heavy atom. The van der Waals surface area contributed by atoms with Crippen molar-refractivity contribution in [3.8, 4) is 17.2 Å². The van der Waals surface area contributed by atoms with Gasteiger partial charge in [0.15, 0.2) is 16.6 Å². The zero-order valence-electron chi connectivity index (χ0n) is 14.7. The molecule has 0 spiro atoms. The lowest BCUT2D eigenvalue weighted by atomic mass is 10.2. The third-order valence-corrected chi connectivity index (χ3v) is 4.61. The van der Waals surface area contributed by atoms with Gasteiger partial charge in [0.05, 0.1) is 39.7 Å². The number of carbonyl (C=O) groups excluding carboxylic acids is 1. The average molecular weight is 401 g/mol. The van der Waals surface area contributed by atoms with Crippen LogP contribution < -0.4 is 24.2 Å².